The molecule has 0 aliphatic carbocycles. The minimum atomic E-state index is 0. The average Bonchev–Trinajstić information content (AvgIpc) is 3.02. The highest BCUT2D eigenvalue weighted by Gasteiger charge is 2.24. The number of nitrogens with zero attached hydrogens (tertiary/aromatic N) is 3. The largest absolute Gasteiger partial charge is 0.354 e. The zero-order valence-corrected chi connectivity index (χ0v) is 20.4. The lowest BCUT2D eigenvalue weighted by atomic mass is 10.0. The molecule has 2 N–H and O–H groups in total. The van der Waals surface area contributed by atoms with Gasteiger partial charge in [-0.25, -0.2) is 4.98 Å². The Morgan fingerprint density at radius 1 is 1.25 bits per heavy atom. The molecule has 1 saturated heterocycles. The summed E-state index contributed by atoms with van der Waals surface area (Å²) in [5, 5.41) is 8.16. The molecule has 1 fully saturated rings. The molecule has 0 amide bonds. The summed E-state index contributed by atoms with van der Waals surface area (Å²) >= 11 is 1.75. The second kappa shape index (κ2) is 11.1. The predicted octanol–water partition coefficient (Wildman–Crippen LogP) is 4.27. The van der Waals surface area contributed by atoms with Crippen LogP contribution in [0.3, 0.4) is 0 Å². The maximum Gasteiger partial charge on any atom is 0.191 e. The molecule has 28 heavy (non-hydrogen) atoms. The highest BCUT2D eigenvalue weighted by atomic mass is 127. The molecule has 2 heterocycles. The van der Waals surface area contributed by atoms with E-state index in [1.807, 2.05) is 7.05 Å². The maximum atomic E-state index is 4.49. The summed E-state index contributed by atoms with van der Waals surface area (Å²) in [6.07, 6.45) is 2.27. The average molecular weight is 513 g/mol. The van der Waals surface area contributed by atoms with Gasteiger partial charge in [0.25, 0.3) is 0 Å². The molecule has 3 rings (SSSR count). The molecule has 5 nitrogen and oxygen atoms in total. The summed E-state index contributed by atoms with van der Waals surface area (Å²) < 4.78 is 0. The summed E-state index contributed by atoms with van der Waals surface area (Å²) in [7, 11) is 1.84. The number of piperidine rings is 1. The van der Waals surface area contributed by atoms with Crippen molar-refractivity contribution in [3.8, 4) is 0 Å². The predicted molar refractivity (Wildman–Crippen MR) is 130 cm³/mol. The number of likely N-dealkylation sites (tertiary alicyclic amines) is 1. The van der Waals surface area contributed by atoms with E-state index in [0.29, 0.717) is 12.1 Å². The Morgan fingerprint density at radius 3 is 2.50 bits per heavy atom. The van der Waals surface area contributed by atoms with Crippen LogP contribution in [0.15, 0.2) is 35.3 Å². The van der Waals surface area contributed by atoms with E-state index in [1.54, 1.807) is 11.3 Å². The molecule has 154 valence electrons. The van der Waals surface area contributed by atoms with E-state index in [0.717, 1.165) is 49.1 Å². The minimum absolute atomic E-state index is 0. The van der Waals surface area contributed by atoms with Crippen molar-refractivity contribution >= 4 is 41.3 Å². The normalized spacial score (nSPS) is 17.1. The topological polar surface area (TPSA) is 52.6 Å². The Labute approximate surface area is 190 Å². The second-order valence-corrected chi connectivity index (χ2v) is 8.50. The van der Waals surface area contributed by atoms with E-state index < -0.39 is 0 Å². The van der Waals surface area contributed by atoms with Gasteiger partial charge < -0.3 is 10.6 Å². The third kappa shape index (κ3) is 6.15. The van der Waals surface area contributed by atoms with Crippen LogP contribution in [0.5, 0.6) is 0 Å². The van der Waals surface area contributed by atoms with Crippen LogP contribution in [-0.4, -0.2) is 42.0 Å². The number of rotatable bonds is 5. The lowest BCUT2D eigenvalue weighted by Gasteiger charge is -2.37. The van der Waals surface area contributed by atoms with Crippen molar-refractivity contribution in [3.05, 3.63) is 51.5 Å². The van der Waals surface area contributed by atoms with Gasteiger partial charge in [-0.2, -0.15) is 0 Å². The number of benzene rings is 1. The summed E-state index contributed by atoms with van der Waals surface area (Å²) in [6, 6.07) is 11.7. The van der Waals surface area contributed by atoms with Crippen LogP contribution >= 0.6 is 35.3 Å². The monoisotopic (exact) mass is 513 g/mol. The smallest absolute Gasteiger partial charge is 0.191 e. The number of hydrogen-bond donors (Lipinski definition) is 2. The zero-order valence-electron chi connectivity index (χ0n) is 17.2. The summed E-state index contributed by atoms with van der Waals surface area (Å²) in [5.74, 6) is 0.884. The van der Waals surface area contributed by atoms with Crippen LogP contribution in [-0.2, 0) is 6.54 Å². The lowest BCUT2D eigenvalue weighted by Crippen LogP contribution is -2.48. The molecule has 1 atom stereocenters. The Hall–Kier alpha value is -1.19. The highest BCUT2D eigenvalue weighted by Crippen LogP contribution is 2.24. The first kappa shape index (κ1) is 23.1. The molecular weight excluding hydrogens is 481 g/mol. The third-order valence-electron chi connectivity index (χ3n) is 5.34. The van der Waals surface area contributed by atoms with Crippen molar-refractivity contribution in [1.82, 2.24) is 20.5 Å². The molecule has 0 radical (unpaired) electrons. The Bertz CT molecular complexity index is 753. The molecule has 0 bridgehead atoms. The molecule has 1 aliphatic heterocycles. The number of aromatic nitrogens is 1. The van der Waals surface area contributed by atoms with E-state index >= 15 is 0 Å². The van der Waals surface area contributed by atoms with Crippen molar-refractivity contribution in [3.63, 3.8) is 0 Å². The van der Waals surface area contributed by atoms with Gasteiger partial charge in [0.1, 0.15) is 0 Å². The van der Waals surface area contributed by atoms with Crippen molar-refractivity contribution in [2.75, 3.05) is 20.1 Å². The Balaban J connectivity index is 0.00000280. The molecule has 0 saturated carbocycles. The Kier molecular flexibility index (Phi) is 9.17. The van der Waals surface area contributed by atoms with Crippen molar-refractivity contribution in [2.45, 2.75) is 52.2 Å². The van der Waals surface area contributed by atoms with E-state index in [-0.39, 0.29) is 24.0 Å². The maximum absolute atomic E-state index is 4.49. The number of nitrogens with one attached hydrogen (secondary N) is 2. The van der Waals surface area contributed by atoms with Crippen LogP contribution in [0, 0.1) is 13.8 Å². The fraction of sp³-hybridized carbons (Fsp3) is 0.524. The highest BCUT2D eigenvalue weighted by molar-refractivity contribution is 14.0. The minimum Gasteiger partial charge on any atom is -0.354 e. The SMILES string of the molecule is CN=C(NCc1sc(C)nc1C)NC1CCN(C(C)c2ccccc2)CC1.I. The fourth-order valence-corrected chi connectivity index (χ4v) is 4.54. The van der Waals surface area contributed by atoms with Gasteiger partial charge in [0, 0.05) is 37.1 Å². The van der Waals surface area contributed by atoms with Crippen LogP contribution in [0.25, 0.3) is 0 Å². The van der Waals surface area contributed by atoms with Crippen molar-refractivity contribution in [1.29, 1.82) is 0 Å². The molecule has 1 aliphatic rings. The van der Waals surface area contributed by atoms with E-state index in [2.05, 4.69) is 76.6 Å². The molecule has 2 aromatic rings. The van der Waals surface area contributed by atoms with Gasteiger partial charge in [-0.15, -0.1) is 35.3 Å². The molecule has 1 unspecified atom stereocenters. The molecule has 7 heteroatoms. The van der Waals surface area contributed by atoms with Crippen molar-refractivity contribution < 1.29 is 0 Å². The summed E-state index contributed by atoms with van der Waals surface area (Å²) in [4.78, 5) is 12.7. The van der Waals surface area contributed by atoms with Gasteiger partial charge in [0.05, 0.1) is 17.2 Å². The molecule has 1 aromatic heterocycles. The van der Waals surface area contributed by atoms with Crippen LogP contribution in [0.2, 0.25) is 0 Å². The van der Waals surface area contributed by atoms with Crippen LogP contribution in [0.4, 0.5) is 0 Å². The van der Waals surface area contributed by atoms with Gasteiger partial charge in [0.15, 0.2) is 5.96 Å². The lowest BCUT2D eigenvalue weighted by molar-refractivity contribution is 0.158. The standard InChI is InChI=1S/C21H31N5S.HI/c1-15-20(27-17(3)24-15)14-23-21(22-4)25-19-10-12-26(13-11-19)16(2)18-8-6-5-7-9-18;/h5-9,16,19H,10-14H2,1-4H3,(H2,22,23,25);1H. The van der Waals surface area contributed by atoms with E-state index in [9.17, 15) is 0 Å². The second-order valence-electron chi connectivity index (χ2n) is 7.21. The first-order chi connectivity index (χ1) is 13.1. The zero-order chi connectivity index (χ0) is 19.2. The first-order valence-electron chi connectivity index (χ1n) is 9.76. The third-order valence-corrected chi connectivity index (χ3v) is 6.41. The first-order valence-corrected chi connectivity index (χ1v) is 10.6. The van der Waals surface area contributed by atoms with E-state index in [1.165, 1.54) is 10.4 Å². The van der Waals surface area contributed by atoms with E-state index in [4.69, 9.17) is 0 Å². The number of guanidine groups is 1. The molecular formula is C21H32IN5S. The fourth-order valence-electron chi connectivity index (χ4n) is 3.66. The van der Waals surface area contributed by atoms with Gasteiger partial charge in [-0.3, -0.25) is 9.89 Å². The van der Waals surface area contributed by atoms with Crippen LogP contribution in [0.1, 0.15) is 46.9 Å². The number of aliphatic imine (C=N–C) groups is 1. The number of halogens is 1. The number of aryl methyl sites for hydroxylation is 2. The van der Waals surface area contributed by atoms with Gasteiger partial charge >= 0.3 is 0 Å². The molecule has 1 aromatic carbocycles. The quantitative estimate of drug-likeness (QED) is 0.356. The number of thiazole rings is 1. The van der Waals surface area contributed by atoms with Gasteiger partial charge in [-0.05, 0) is 39.2 Å². The van der Waals surface area contributed by atoms with Gasteiger partial charge in [-0.1, -0.05) is 30.3 Å². The summed E-state index contributed by atoms with van der Waals surface area (Å²) in [6.45, 7) is 9.43. The molecule has 0 spiro atoms. The van der Waals surface area contributed by atoms with Crippen LogP contribution < -0.4 is 10.6 Å². The van der Waals surface area contributed by atoms with Gasteiger partial charge in [0.2, 0.25) is 0 Å². The summed E-state index contributed by atoms with van der Waals surface area (Å²) in [5.41, 5.74) is 2.51. The van der Waals surface area contributed by atoms with Crippen molar-refractivity contribution in [2.24, 2.45) is 4.99 Å². The number of hydrogen-bond acceptors (Lipinski definition) is 4. The Morgan fingerprint density at radius 2 is 1.93 bits per heavy atom.